The summed E-state index contributed by atoms with van der Waals surface area (Å²) in [6.07, 6.45) is 0.155. The largest absolute Gasteiger partial charge is 0.390 e. The predicted molar refractivity (Wildman–Crippen MR) is 53.2 cm³/mol. The van der Waals surface area contributed by atoms with Crippen molar-refractivity contribution in [3.8, 4) is 0 Å². The predicted octanol–water partition coefficient (Wildman–Crippen LogP) is 1.31. The highest BCUT2D eigenvalue weighted by atomic mass is 32.1. The van der Waals surface area contributed by atoms with E-state index < -0.39 is 6.10 Å². The number of rotatable bonds is 4. The fourth-order valence-electron chi connectivity index (χ4n) is 1.08. The lowest BCUT2D eigenvalue weighted by atomic mass is 10.3. The molecule has 1 aromatic rings. The molecule has 3 nitrogen and oxygen atoms in total. The molecule has 0 radical (unpaired) electrons. The molecule has 74 valence electrons. The molecule has 1 heterocycles. The summed E-state index contributed by atoms with van der Waals surface area (Å²) in [4.78, 5) is 5.56. The molecule has 0 fully saturated rings. The van der Waals surface area contributed by atoms with Gasteiger partial charge in [0, 0.05) is 18.4 Å². The van der Waals surface area contributed by atoms with Crippen LogP contribution in [0.25, 0.3) is 0 Å². The van der Waals surface area contributed by atoms with Gasteiger partial charge in [0.1, 0.15) is 0 Å². The molecule has 4 heteroatoms. The minimum Gasteiger partial charge on any atom is -0.390 e. The van der Waals surface area contributed by atoms with E-state index in [1.165, 1.54) is 4.88 Å². The Balaban J connectivity index is 2.53. The molecule has 0 bridgehead atoms. The van der Waals surface area contributed by atoms with Gasteiger partial charge in [0.05, 0.1) is 23.4 Å². The third-order valence-corrected chi connectivity index (χ3v) is 2.94. The Kier molecular flexibility index (Phi) is 3.84. The molecular weight excluding hydrogens is 186 g/mol. The van der Waals surface area contributed by atoms with Crippen molar-refractivity contribution in [1.29, 1.82) is 0 Å². The molecule has 0 spiro atoms. The lowest BCUT2D eigenvalue weighted by Crippen LogP contribution is -2.16. The van der Waals surface area contributed by atoms with Crippen molar-refractivity contribution in [1.82, 2.24) is 4.98 Å². The maximum atomic E-state index is 9.44. The number of methoxy groups -OCH3 is 1. The van der Waals surface area contributed by atoms with Crippen LogP contribution >= 0.6 is 11.3 Å². The van der Waals surface area contributed by atoms with Crippen LogP contribution in [0.4, 0.5) is 0 Å². The van der Waals surface area contributed by atoms with Crippen molar-refractivity contribution in [2.75, 3.05) is 13.7 Å². The lowest BCUT2D eigenvalue weighted by Gasteiger charge is -2.05. The zero-order valence-corrected chi connectivity index (χ0v) is 9.02. The first kappa shape index (κ1) is 10.6. The number of ether oxygens (including phenoxy) is 1. The molecule has 13 heavy (non-hydrogen) atoms. The molecule has 1 rings (SSSR count). The highest BCUT2D eigenvalue weighted by Crippen LogP contribution is 2.17. The minimum absolute atomic E-state index is 0.373. The first-order chi connectivity index (χ1) is 6.13. The third kappa shape index (κ3) is 3.06. The molecule has 0 aromatic carbocycles. The van der Waals surface area contributed by atoms with Crippen molar-refractivity contribution in [3.05, 3.63) is 15.6 Å². The maximum absolute atomic E-state index is 9.44. The second-order valence-electron chi connectivity index (χ2n) is 3.06. The van der Waals surface area contributed by atoms with Gasteiger partial charge in [0.15, 0.2) is 0 Å². The van der Waals surface area contributed by atoms with Crippen LogP contribution in [0.1, 0.15) is 15.6 Å². The van der Waals surface area contributed by atoms with E-state index in [-0.39, 0.29) is 0 Å². The van der Waals surface area contributed by atoms with Crippen molar-refractivity contribution in [3.63, 3.8) is 0 Å². The van der Waals surface area contributed by atoms with Crippen LogP contribution in [0.5, 0.6) is 0 Å². The molecule has 0 amide bonds. The van der Waals surface area contributed by atoms with Gasteiger partial charge in [0.25, 0.3) is 0 Å². The van der Waals surface area contributed by atoms with Gasteiger partial charge in [-0.25, -0.2) is 4.98 Å². The molecule has 1 unspecified atom stereocenters. The first-order valence-electron chi connectivity index (χ1n) is 4.23. The first-order valence-corrected chi connectivity index (χ1v) is 5.05. The van der Waals surface area contributed by atoms with Crippen molar-refractivity contribution < 1.29 is 9.84 Å². The summed E-state index contributed by atoms with van der Waals surface area (Å²) >= 11 is 1.64. The summed E-state index contributed by atoms with van der Waals surface area (Å²) in [5, 5.41) is 10.4. The Labute approximate surface area is 82.4 Å². The number of aromatic nitrogens is 1. The van der Waals surface area contributed by atoms with Crippen LogP contribution in [0.15, 0.2) is 0 Å². The van der Waals surface area contributed by atoms with Crippen LogP contribution < -0.4 is 0 Å². The molecular formula is C9H15NO2S. The number of aliphatic hydroxyl groups excluding tert-OH is 1. The Morgan fingerprint density at radius 2 is 2.23 bits per heavy atom. The summed E-state index contributed by atoms with van der Waals surface area (Å²) in [6.45, 7) is 4.40. The number of aryl methyl sites for hydroxylation is 2. The second-order valence-corrected chi connectivity index (χ2v) is 4.35. The zero-order valence-electron chi connectivity index (χ0n) is 8.20. The normalized spacial score (nSPS) is 13.2. The number of hydrogen-bond acceptors (Lipinski definition) is 4. The van der Waals surface area contributed by atoms with Crippen molar-refractivity contribution >= 4 is 11.3 Å². The van der Waals surface area contributed by atoms with E-state index in [1.54, 1.807) is 18.4 Å². The highest BCUT2D eigenvalue weighted by Gasteiger charge is 2.09. The van der Waals surface area contributed by atoms with Crippen LogP contribution in [-0.2, 0) is 11.2 Å². The van der Waals surface area contributed by atoms with Gasteiger partial charge < -0.3 is 9.84 Å². The van der Waals surface area contributed by atoms with E-state index in [2.05, 4.69) is 4.98 Å². The van der Waals surface area contributed by atoms with Crippen molar-refractivity contribution in [2.24, 2.45) is 0 Å². The van der Waals surface area contributed by atoms with Gasteiger partial charge in [-0.1, -0.05) is 0 Å². The Hall–Kier alpha value is -0.450. The van der Waals surface area contributed by atoms with Gasteiger partial charge in [-0.2, -0.15) is 0 Å². The van der Waals surface area contributed by atoms with Gasteiger partial charge in [-0.15, -0.1) is 11.3 Å². The quantitative estimate of drug-likeness (QED) is 0.798. The van der Waals surface area contributed by atoms with Crippen LogP contribution in [0, 0.1) is 13.8 Å². The van der Waals surface area contributed by atoms with Gasteiger partial charge >= 0.3 is 0 Å². The number of nitrogens with zero attached hydrogens (tertiary/aromatic N) is 1. The Morgan fingerprint density at radius 3 is 2.69 bits per heavy atom. The van der Waals surface area contributed by atoms with E-state index in [4.69, 9.17) is 4.74 Å². The molecule has 0 aliphatic heterocycles. The maximum Gasteiger partial charge on any atom is 0.0957 e. The molecule has 0 aliphatic rings. The third-order valence-electron chi connectivity index (χ3n) is 1.84. The molecule has 0 aliphatic carbocycles. The molecule has 1 aromatic heterocycles. The standard InChI is InChI=1S/C9H15NO2S/c1-6-7(2)13-9(10-6)4-8(11)5-12-3/h8,11H,4-5H2,1-3H3. The highest BCUT2D eigenvalue weighted by molar-refractivity contribution is 7.11. The summed E-state index contributed by atoms with van der Waals surface area (Å²) in [7, 11) is 1.58. The Morgan fingerprint density at radius 1 is 1.54 bits per heavy atom. The molecule has 1 N–H and O–H groups in total. The number of hydrogen-bond donors (Lipinski definition) is 1. The lowest BCUT2D eigenvalue weighted by molar-refractivity contribution is 0.0650. The van der Waals surface area contributed by atoms with Gasteiger partial charge in [0.2, 0.25) is 0 Å². The van der Waals surface area contributed by atoms with Crippen molar-refractivity contribution in [2.45, 2.75) is 26.4 Å². The van der Waals surface area contributed by atoms with E-state index in [1.807, 2.05) is 13.8 Å². The van der Waals surface area contributed by atoms with E-state index >= 15 is 0 Å². The summed E-state index contributed by atoms with van der Waals surface area (Å²) in [5.41, 5.74) is 1.06. The molecule has 1 atom stereocenters. The molecule has 0 saturated carbocycles. The van der Waals surface area contributed by atoms with Crippen LogP contribution in [0.2, 0.25) is 0 Å². The summed E-state index contributed by atoms with van der Waals surface area (Å²) in [6, 6.07) is 0. The van der Waals surface area contributed by atoms with E-state index in [0.29, 0.717) is 13.0 Å². The number of thiazole rings is 1. The summed E-state index contributed by atoms with van der Waals surface area (Å²) < 4.78 is 4.84. The minimum atomic E-state index is -0.435. The summed E-state index contributed by atoms with van der Waals surface area (Å²) in [5.74, 6) is 0. The smallest absolute Gasteiger partial charge is 0.0957 e. The van der Waals surface area contributed by atoms with Crippen LogP contribution in [-0.4, -0.2) is 29.9 Å². The second kappa shape index (κ2) is 4.69. The fourth-order valence-corrected chi connectivity index (χ4v) is 2.08. The van der Waals surface area contributed by atoms with E-state index in [0.717, 1.165) is 10.7 Å². The monoisotopic (exact) mass is 201 g/mol. The van der Waals surface area contributed by atoms with Gasteiger partial charge in [-0.3, -0.25) is 0 Å². The van der Waals surface area contributed by atoms with Crippen LogP contribution in [0.3, 0.4) is 0 Å². The average Bonchev–Trinajstić information content (AvgIpc) is 2.31. The van der Waals surface area contributed by atoms with Gasteiger partial charge in [-0.05, 0) is 13.8 Å². The topological polar surface area (TPSA) is 42.4 Å². The SMILES string of the molecule is COCC(O)Cc1nc(C)c(C)s1. The number of aliphatic hydroxyl groups is 1. The average molecular weight is 201 g/mol. The van der Waals surface area contributed by atoms with E-state index in [9.17, 15) is 5.11 Å². The molecule has 0 saturated heterocycles. The zero-order chi connectivity index (χ0) is 9.84. The fraction of sp³-hybridized carbons (Fsp3) is 0.667. The Bertz CT molecular complexity index is 253.